The van der Waals surface area contributed by atoms with Crippen LogP contribution in [0.5, 0.6) is 0 Å². The van der Waals surface area contributed by atoms with Crippen LogP contribution >= 0.6 is 0 Å². The highest BCUT2D eigenvalue weighted by molar-refractivity contribution is 5.98. The van der Waals surface area contributed by atoms with E-state index in [4.69, 9.17) is 4.43 Å². The van der Waals surface area contributed by atoms with Gasteiger partial charge in [-0.3, -0.25) is 0 Å². The fourth-order valence-corrected chi connectivity index (χ4v) is 0.677. The molecular weight excluding hydrogens is 146 g/mol. The topological polar surface area (TPSA) is 38.7 Å². The molecule has 0 aliphatic heterocycles. The molecule has 10 heavy (non-hydrogen) atoms. The van der Waals surface area contributed by atoms with E-state index in [1.807, 2.05) is 13.8 Å². The molecule has 0 amide bonds. The standard InChI is InChI=1S/C6H13NO2Si/c1-6(2,9-10)3-4-7-5-8/h3-4H2,1-2,10H3. The molecule has 0 heterocycles. The van der Waals surface area contributed by atoms with E-state index in [-0.39, 0.29) is 5.60 Å². The van der Waals surface area contributed by atoms with Crippen LogP contribution in [0.4, 0.5) is 0 Å². The van der Waals surface area contributed by atoms with Crippen molar-refractivity contribution in [2.45, 2.75) is 25.9 Å². The Morgan fingerprint density at radius 2 is 2.30 bits per heavy atom. The van der Waals surface area contributed by atoms with Crippen LogP contribution in [-0.4, -0.2) is 28.7 Å². The third-order valence-electron chi connectivity index (χ3n) is 1.44. The number of aliphatic imine (C=N–C) groups is 1. The summed E-state index contributed by atoms with van der Waals surface area (Å²) in [6.07, 6.45) is 2.28. The monoisotopic (exact) mass is 159 g/mol. The van der Waals surface area contributed by atoms with E-state index in [9.17, 15) is 4.79 Å². The summed E-state index contributed by atoms with van der Waals surface area (Å²) >= 11 is 0. The summed E-state index contributed by atoms with van der Waals surface area (Å²) in [6, 6.07) is 0. The molecule has 0 N–H and O–H groups in total. The van der Waals surface area contributed by atoms with Crippen LogP contribution in [0.15, 0.2) is 4.99 Å². The highest BCUT2D eigenvalue weighted by Crippen LogP contribution is 2.11. The van der Waals surface area contributed by atoms with Gasteiger partial charge in [-0.15, -0.1) is 0 Å². The summed E-state index contributed by atoms with van der Waals surface area (Å²) in [5.41, 5.74) is -0.118. The minimum Gasteiger partial charge on any atom is -0.423 e. The molecule has 0 aliphatic carbocycles. The van der Waals surface area contributed by atoms with E-state index in [1.165, 1.54) is 6.08 Å². The predicted molar refractivity (Wildman–Crippen MR) is 42.7 cm³/mol. The van der Waals surface area contributed by atoms with Crippen molar-refractivity contribution in [1.82, 2.24) is 0 Å². The highest BCUT2D eigenvalue weighted by Gasteiger charge is 2.13. The zero-order chi connectivity index (χ0) is 8.04. The maximum absolute atomic E-state index is 9.66. The Morgan fingerprint density at radius 3 is 2.70 bits per heavy atom. The lowest BCUT2D eigenvalue weighted by molar-refractivity contribution is 0.116. The SMILES string of the molecule is CC(C)(CCN=C=O)O[SiH3]. The Bertz CT molecular complexity index is 141. The zero-order valence-corrected chi connectivity index (χ0v) is 8.68. The normalized spacial score (nSPS) is 11.0. The van der Waals surface area contributed by atoms with Crippen molar-refractivity contribution in [3.05, 3.63) is 0 Å². The lowest BCUT2D eigenvalue weighted by Gasteiger charge is -2.21. The van der Waals surface area contributed by atoms with Crippen LogP contribution in [-0.2, 0) is 9.22 Å². The predicted octanol–water partition coefficient (Wildman–Crippen LogP) is -0.212. The van der Waals surface area contributed by atoms with E-state index in [0.29, 0.717) is 6.54 Å². The summed E-state index contributed by atoms with van der Waals surface area (Å²) in [5.74, 6) is 0. The van der Waals surface area contributed by atoms with Gasteiger partial charge in [0.15, 0.2) is 0 Å². The second-order valence-corrected chi connectivity index (χ2v) is 3.10. The molecule has 0 atom stereocenters. The van der Waals surface area contributed by atoms with Crippen LogP contribution in [0.1, 0.15) is 20.3 Å². The third kappa shape index (κ3) is 4.44. The van der Waals surface area contributed by atoms with Crippen molar-refractivity contribution >= 4 is 16.6 Å². The number of hydrogen-bond acceptors (Lipinski definition) is 3. The van der Waals surface area contributed by atoms with Gasteiger partial charge in [0.05, 0.1) is 12.1 Å². The summed E-state index contributed by atoms with van der Waals surface area (Å²) in [6.45, 7) is 4.49. The summed E-state index contributed by atoms with van der Waals surface area (Å²) in [4.78, 5) is 13.1. The van der Waals surface area contributed by atoms with Gasteiger partial charge in [0.25, 0.3) is 0 Å². The molecule has 58 valence electrons. The van der Waals surface area contributed by atoms with Crippen molar-refractivity contribution in [2.24, 2.45) is 4.99 Å². The molecule has 0 saturated carbocycles. The van der Waals surface area contributed by atoms with Crippen molar-refractivity contribution in [3.8, 4) is 0 Å². The third-order valence-corrected chi connectivity index (χ3v) is 2.55. The van der Waals surface area contributed by atoms with Crippen LogP contribution < -0.4 is 0 Å². The van der Waals surface area contributed by atoms with Gasteiger partial charge in [0, 0.05) is 0 Å². The molecule has 0 spiro atoms. The first kappa shape index (κ1) is 9.56. The van der Waals surface area contributed by atoms with Crippen LogP contribution in [0.25, 0.3) is 0 Å². The second kappa shape index (κ2) is 4.38. The molecule has 0 aromatic carbocycles. The minimum atomic E-state index is -0.118. The van der Waals surface area contributed by atoms with Crippen LogP contribution in [0.3, 0.4) is 0 Å². The Labute approximate surface area is 64.0 Å². The second-order valence-electron chi connectivity index (χ2n) is 2.69. The van der Waals surface area contributed by atoms with Gasteiger partial charge in [-0.25, -0.2) is 9.79 Å². The number of isocyanates is 1. The summed E-state index contributed by atoms with van der Waals surface area (Å²) < 4.78 is 5.23. The maximum Gasteiger partial charge on any atom is 0.234 e. The fraction of sp³-hybridized carbons (Fsp3) is 0.833. The zero-order valence-electron chi connectivity index (χ0n) is 6.68. The number of hydrogen-bond donors (Lipinski definition) is 0. The van der Waals surface area contributed by atoms with Gasteiger partial charge in [-0.2, -0.15) is 0 Å². The fourth-order valence-electron chi connectivity index (χ4n) is 0.473. The van der Waals surface area contributed by atoms with Crippen molar-refractivity contribution in [1.29, 1.82) is 0 Å². The molecule has 0 saturated heterocycles. The van der Waals surface area contributed by atoms with Gasteiger partial charge >= 0.3 is 0 Å². The van der Waals surface area contributed by atoms with E-state index in [2.05, 4.69) is 4.99 Å². The van der Waals surface area contributed by atoms with Gasteiger partial charge in [0.1, 0.15) is 10.5 Å². The molecule has 0 bridgehead atoms. The lowest BCUT2D eigenvalue weighted by atomic mass is 10.1. The Balaban J connectivity index is 3.56. The molecule has 4 heteroatoms. The van der Waals surface area contributed by atoms with Gasteiger partial charge < -0.3 is 4.43 Å². The molecule has 0 aromatic heterocycles. The summed E-state index contributed by atoms with van der Waals surface area (Å²) in [5, 5.41) is 0. The molecule has 0 unspecified atom stereocenters. The first-order valence-corrected chi connectivity index (χ1v) is 4.03. The molecule has 0 aliphatic rings. The Morgan fingerprint density at radius 1 is 1.70 bits per heavy atom. The average Bonchev–Trinajstić information content (AvgIpc) is 1.89. The van der Waals surface area contributed by atoms with E-state index in [1.54, 1.807) is 0 Å². The van der Waals surface area contributed by atoms with E-state index in [0.717, 1.165) is 16.9 Å². The van der Waals surface area contributed by atoms with Gasteiger partial charge in [-0.05, 0) is 20.3 Å². The van der Waals surface area contributed by atoms with Crippen LogP contribution in [0.2, 0.25) is 0 Å². The van der Waals surface area contributed by atoms with Gasteiger partial charge in [0.2, 0.25) is 6.08 Å². The number of nitrogens with zero attached hydrogens (tertiary/aromatic N) is 1. The minimum absolute atomic E-state index is 0.118. The molecule has 0 aromatic rings. The smallest absolute Gasteiger partial charge is 0.234 e. The first-order valence-electron chi connectivity index (χ1n) is 3.21. The van der Waals surface area contributed by atoms with Crippen molar-refractivity contribution < 1.29 is 9.22 Å². The molecule has 0 fully saturated rings. The summed E-state index contributed by atoms with van der Waals surface area (Å²) in [7, 11) is 0.725. The van der Waals surface area contributed by atoms with E-state index < -0.39 is 0 Å². The average molecular weight is 159 g/mol. The molecule has 0 rings (SSSR count). The molecule has 3 nitrogen and oxygen atoms in total. The first-order chi connectivity index (χ1) is 4.62. The lowest BCUT2D eigenvalue weighted by Crippen LogP contribution is -2.23. The van der Waals surface area contributed by atoms with Crippen molar-refractivity contribution in [3.63, 3.8) is 0 Å². The number of carbonyl (C=O) groups excluding carboxylic acids is 1. The maximum atomic E-state index is 9.66. The van der Waals surface area contributed by atoms with Crippen LogP contribution in [0, 0.1) is 0 Å². The van der Waals surface area contributed by atoms with Gasteiger partial charge in [-0.1, -0.05) is 0 Å². The van der Waals surface area contributed by atoms with E-state index >= 15 is 0 Å². The number of rotatable bonds is 4. The molecule has 0 radical (unpaired) electrons. The largest absolute Gasteiger partial charge is 0.423 e. The Hall–Kier alpha value is -0.443. The van der Waals surface area contributed by atoms with Crippen molar-refractivity contribution in [2.75, 3.05) is 6.54 Å². The Kier molecular flexibility index (Phi) is 4.19. The highest BCUT2D eigenvalue weighted by atomic mass is 28.2. The molecular formula is C6H13NO2Si. The quantitative estimate of drug-likeness (QED) is 0.323.